The van der Waals surface area contributed by atoms with Gasteiger partial charge in [-0.3, -0.25) is 0 Å². The average Bonchev–Trinajstić information content (AvgIpc) is 2.45. The van der Waals surface area contributed by atoms with Crippen LogP contribution in [-0.4, -0.2) is 25.7 Å². The maximum absolute atomic E-state index is 13.0. The Morgan fingerprint density at radius 2 is 2.13 bits per heavy atom. The van der Waals surface area contributed by atoms with Crippen molar-refractivity contribution in [2.24, 2.45) is 0 Å². The molecule has 2 heterocycles. The van der Waals surface area contributed by atoms with Crippen molar-refractivity contribution in [3.8, 4) is 0 Å². The molecule has 1 fully saturated rings. The first-order chi connectivity index (χ1) is 6.84. The van der Waals surface area contributed by atoms with Crippen molar-refractivity contribution in [3.05, 3.63) is 29.6 Å². The Bertz CT molecular complexity index is 366. The summed E-state index contributed by atoms with van der Waals surface area (Å²) in [5.41, 5.74) is 2.40. The lowest BCUT2D eigenvalue weighted by atomic mass is 10.1. The molecule has 1 saturated heterocycles. The van der Waals surface area contributed by atoms with Crippen LogP contribution >= 0.6 is 12.4 Å². The molecule has 82 valence electrons. The van der Waals surface area contributed by atoms with Gasteiger partial charge < -0.3 is 10.2 Å². The van der Waals surface area contributed by atoms with Crippen LogP contribution in [0, 0.1) is 5.82 Å². The summed E-state index contributed by atoms with van der Waals surface area (Å²) in [5.74, 6) is -0.114. The summed E-state index contributed by atoms with van der Waals surface area (Å²) >= 11 is 0. The first kappa shape index (κ1) is 10.7. The maximum atomic E-state index is 13.0. The zero-order valence-corrected chi connectivity index (χ0v) is 9.19. The summed E-state index contributed by atoms with van der Waals surface area (Å²) < 4.78 is 13.0. The third-order valence-corrected chi connectivity index (χ3v) is 3.17. The number of benzene rings is 1. The minimum Gasteiger partial charge on any atom is -0.365 e. The molecule has 0 atom stereocenters. The highest BCUT2D eigenvalue weighted by molar-refractivity contribution is 5.85. The second kappa shape index (κ2) is 3.99. The summed E-state index contributed by atoms with van der Waals surface area (Å²) in [7, 11) is 0. The minimum atomic E-state index is -0.114. The van der Waals surface area contributed by atoms with Crippen molar-refractivity contribution in [3.63, 3.8) is 0 Å². The Hall–Kier alpha value is -0.800. The molecule has 2 aliphatic rings. The summed E-state index contributed by atoms with van der Waals surface area (Å²) in [6.07, 6.45) is 0.990. The highest BCUT2D eigenvalue weighted by Crippen LogP contribution is 2.30. The van der Waals surface area contributed by atoms with Gasteiger partial charge in [-0.2, -0.15) is 0 Å². The lowest BCUT2D eigenvalue weighted by molar-refractivity contribution is 0.420. The van der Waals surface area contributed by atoms with E-state index in [1.165, 1.54) is 5.69 Å². The highest BCUT2D eigenvalue weighted by Gasteiger charge is 2.29. The molecule has 3 rings (SSSR count). The normalized spacial score (nSPS) is 19.4. The second-order valence-electron chi connectivity index (χ2n) is 4.03. The minimum absolute atomic E-state index is 0. The van der Waals surface area contributed by atoms with Gasteiger partial charge in [-0.25, -0.2) is 4.39 Å². The second-order valence-corrected chi connectivity index (χ2v) is 4.03. The van der Waals surface area contributed by atoms with Gasteiger partial charge in [0, 0.05) is 25.3 Å². The van der Waals surface area contributed by atoms with Crippen molar-refractivity contribution in [1.29, 1.82) is 0 Å². The van der Waals surface area contributed by atoms with Gasteiger partial charge in [0.15, 0.2) is 0 Å². The van der Waals surface area contributed by atoms with Crippen LogP contribution in [0.15, 0.2) is 18.2 Å². The van der Waals surface area contributed by atoms with E-state index in [0.717, 1.165) is 31.6 Å². The number of halogens is 2. The van der Waals surface area contributed by atoms with Crippen molar-refractivity contribution in [2.75, 3.05) is 24.5 Å². The lowest BCUT2D eigenvalue weighted by Gasteiger charge is -2.37. The fourth-order valence-corrected chi connectivity index (χ4v) is 2.27. The van der Waals surface area contributed by atoms with Gasteiger partial charge in [0.1, 0.15) is 5.82 Å². The fourth-order valence-electron chi connectivity index (χ4n) is 2.27. The topological polar surface area (TPSA) is 15.3 Å². The van der Waals surface area contributed by atoms with E-state index in [1.54, 1.807) is 12.1 Å². The predicted octanol–water partition coefficient (Wildman–Crippen LogP) is 1.58. The Labute approximate surface area is 94.9 Å². The van der Waals surface area contributed by atoms with Gasteiger partial charge in [0.05, 0.1) is 6.04 Å². The van der Waals surface area contributed by atoms with Crippen LogP contribution in [0.1, 0.15) is 5.56 Å². The lowest BCUT2D eigenvalue weighted by Crippen LogP contribution is -2.56. The molecule has 1 aromatic carbocycles. The van der Waals surface area contributed by atoms with Crippen LogP contribution < -0.4 is 10.2 Å². The summed E-state index contributed by atoms with van der Waals surface area (Å²) in [4.78, 5) is 2.39. The van der Waals surface area contributed by atoms with Crippen molar-refractivity contribution < 1.29 is 4.39 Å². The number of nitrogens with zero attached hydrogens (tertiary/aromatic N) is 1. The molecular weight excluding hydrogens is 215 g/mol. The van der Waals surface area contributed by atoms with Crippen LogP contribution in [0.2, 0.25) is 0 Å². The molecule has 0 radical (unpaired) electrons. The summed E-state index contributed by atoms with van der Waals surface area (Å²) in [6, 6.07) is 5.77. The molecule has 1 aromatic rings. The Balaban J connectivity index is 0.000000853. The molecule has 0 bridgehead atoms. The predicted molar refractivity (Wildman–Crippen MR) is 61.4 cm³/mol. The molecule has 15 heavy (non-hydrogen) atoms. The maximum Gasteiger partial charge on any atom is 0.123 e. The molecule has 0 aliphatic carbocycles. The van der Waals surface area contributed by atoms with Crippen molar-refractivity contribution >= 4 is 18.1 Å². The van der Waals surface area contributed by atoms with E-state index in [4.69, 9.17) is 0 Å². The van der Waals surface area contributed by atoms with Gasteiger partial charge in [-0.1, -0.05) is 0 Å². The summed E-state index contributed by atoms with van der Waals surface area (Å²) in [6.45, 7) is 3.18. The molecule has 0 amide bonds. The third-order valence-electron chi connectivity index (χ3n) is 3.17. The first-order valence-corrected chi connectivity index (χ1v) is 5.10. The van der Waals surface area contributed by atoms with Crippen LogP contribution in [0.5, 0.6) is 0 Å². The molecule has 2 aliphatic heterocycles. The van der Waals surface area contributed by atoms with Crippen LogP contribution in [0.3, 0.4) is 0 Å². The van der Waals surface area contributed by atoms with Crippen molar-refractivity contribution in [1.82, 2.24) is 5.32 Å². The monoisotopic (exact) mass is 228 g/mol. The van der Waals surface area contributed by atoms with E-state index >= 15 is 0 Å². The smallest absolute Gasteiger partial charge is 0.123 e. The molecule has 0 unspecified atom stereocenters. The van der Waals surface area contributed by atoms with Crippen molar-refractivity contribution in [2.45, 2.75) is 12.5 Å². The molecule has 4 heteroatoms. The van der Waals surface area contributed by atoms with E-state index in [1.807, 2.05) is 6.07 Å². The SMILES string of the molecule is Cl.Fc1ccc2c(c1)CCN2C1CNC1. The first-order valence-electron chi connectivity index (χ1n) is 5.10. The van der Waals surface area contributed by atoms with E-state index in [9.17, 15) is 4.39 Å². The van der Waals surface area contributed by atoms with E-state index in [-0.39, 0.29) is 18.2 Å². The zero-order valence-electron chi connectivity index (χ0n) is 8.37. The number of hydrogen-bond donors (Lipinski definition) is 1. The summed E-state index contributed by atoms with van der Waals surface area (Å²) in [5, 5.41) is 3.26. The Morgan fingerprint density at radius 3 is 2.80 bits per heavy atom. The van der Waals surface area contributed by atoms with E-state index in [2.05, 4.69) is 10.2 Å². The number of rotatable bonds is 1. The van der Waals surface area contributed by atoms with Crippen LogP contribution in [-0.2, 0) is 6.42 Å². The van der Waals surface area contributed by atoms with Crippen LogP contribution in [0.25, 0.3) is 0 Å². The standard InChI is InChI=1S/C11H13FN2.ClH/c12-9-1-2-11-8(5-9)3-4-14(11)10-6-13-7-10;/h1-2,5,10,13H,3-4,6-7H2;1H. The van der Waals surface area contributed by atoms with Gasteiger partial charge >= 0.3 is 0 Å². The number of nitrogens with one attached hydrogen (secondary N) is 1. The van der Waals surface area contributed by atoms with Crippen LogP contribution in [0.4, 0.5) is 10.1 Å². The Kier molecular flexibility index (Phi) is 2.85. The molecule has 1 N–H and O–H groups in total. The molecule has 2 nitrogen and oxygen atoms in total. The number of fused-ring (bicyclic) bond motifs is 1. The third kappa shape index (κ3) is 1.70. The average molecular weight is 229 g/mol. The number of hydrogen-bond acceptors (Lipinski definition) is 2. The highest BCUT2D eigenvalue weighted by atomic mass is 35.5. The van der Waals surface area contributed by atoms with E-state index < -0.39 is 0 Å². The van der Waals surface area contributed by atoms with Gasteiger partial charge in [-0.15, -0.1) is 12.4 Å². The fraction of sp³-hybridized carbons (Fsp3) is 0.455. The number of anilines is 1. The molecule has 0 spiro atoms. The zero-order chi connectivity index (χ0) is 9.54. The largest absolute Gasteiger partial charge is 0.365 e. The van der Waals surface area contributed by atoms with Gasteiger partial charge in [0.25, 0.3) is 0 Å². The molecule has 0 aromatic heterocycles. The van der Waals surface area contributed by atoms with E-state index in [0.29, 0.717) is 6.04 Å². The van der Waals surface area contributed by atoms with Gasteiger partial charge in [-0.05, 0) is 30.2 Å². The molecular formula is C11H14ClFN2. The Morgan fingerprint density at radius 1 is 1.33 bits per heavy atom. The molecule has 0 saturated carbocycles. The quantitative estimate of drug-likeness (QED) is 0.785. The van der Waals surface area contributed by atoms with Gasteiger partial charge in [0.2, 0.25) is 0 Å².